The smallest absolute Gasteiger partial charge is 0.191 e. The Morgan fingerprint density at radius 3 is 2.56 bits per heavy atom. The van der Waals surface area contributed by atoms with E-state index in [-0.39, 0.29) is 5.41 Å². The lowest BCUT2D eigenvalue weighted by Crippen LogP contribution is -2.36. The van der Waals surface area contributed by atoms with Crippen molar-refractivity contribution in [3.63, 3.8) is 0 Å². The van der Waals surface area contributed by atoms with Crippen LogP contribution in [0.25, 0.3) is 0 Å². The third kappa shape index (κ3) is 5.74. The molecule has 0 radical (unpaired) electrons. The molecule has 0 fully saturated rings. The Kier molecular flexibility index (Phi) is 6.82. The van der Waals surface area contributed by atoms with Gasteiger partial charge in [0.15, 0.2) is 5.96 Å². The zero-order valence-electron chi connectivity index (χ0n) is 15.7. The van der Waals surface area contributed by atoms with E-state index in [2.05, 4.69) is 47.8 Å². The van der Waals surface area contributed by atoms with Crippen LogP contribution in [0.1, 0.15) is 44.0 Å². The van der Waals surface area contributed by atoms with Crippen molar-refractivity contribution in [2.45, 2.75) is 46.2 Å². The molecule has 0 spiro atoms. The number of nitrogens with one attached hydrogen (secondary N) is 2. The molecule has 1 heterocycles. The Hall–Kier alpha value is -2.08. The Morgan fingerprint density at radius 1 is 1.20 bits per heavy atom. The number of thiazole rings is 1. The van der Waals surface area contributed by atoms with Crippen LogP contribution < -0.4 is 15.4 Å². The van der Waals surface area contributed by atoms with Gasteiger partial charge in [-0.05, 0) is 13.0 Å². The first kappa shape index (κ1) is 19.2. The van der Waals surface area contributed by atoms with Gasteiger partial charge in [0.25, 0.3) is 0 Å². The van der Waals surface area contributed by atoms with E-state index in [4.69, 9.17) is 9.72 Å². The summed E-state index contributed by atoms with van der Waals surface area (Å²) in [6, 6.07) is 8.04. The van der Waals surface area contributed by atoms with E-state index in [9.17, 15) is 0 Å². The first-order valence-corrected chi connectivity index (χ1v) is 9.42. The number of aliphatic imine (C=N–C) groups is 1. The molecule has 0 unspecified atom stereocenters. The van der Waals surface area contributed by atoms with Crippen LogP contribution in [0.4, 0.5) is 0 Å². The second kappa shape index (κ2) is 8.85. The van der Waals surface area contributed by atoms with Gasteiger partial charge in [-0.3, -0.25) is 4.99 Å². The van der Waals surface area contributed by atoms with Crippen molar-refractivity contribution in [3.05, 3.63) is 45.9 Å². The van der Waals surface area contributed by atoms with E-state index in [0.717, 1.165) is 28.0 Å². The van der Waals surface area contributed by atoms with Crippen LogP contribution in [-0.2, 0) is 18.5 Å². The molecule has 136 valence electrons. The van der Waals surface area contributed by atoms with Crippen LogP contribution in [0.2, 0.25) is 0 Å². The molecule has 0 amide bonds. The molecule has 2 N–H and O–H groups in total. The van der Waals surface area contributed by atoms with E-state index < -0.39 is 0 Å². The Morgan fingerprint density at radius 2 is 1.92 bits per heavy atom. The number of para-hydroxylation sites is 1. The molecule has 1 aromatic carbocycles. The Labute approximate surface area is 154 Å². The van der Waals surface area contributed by atoms with E-state index in [1.54, 1.807) is 18.4 Å². The Balaban J connectivity index is 1.90. The van der Waals surface area contributed by atoms with Gasteiger partial charge in [0.2, 0.25) is 0 Å². The normalized spacial score (nSPS) is 12.1. The van der Waals surface area contributed by atoms with Gasteiger partial charge in [0.05, 0.1) is 23.9 Å². The third-order valence-corrected chi connectivity index (χ3v) is 4.89. The number of hydrogen-bond donors (Lipinski definition) is 2. The van der Waals surface area contributed by atoms with Crippen molar-refractivity contribution in [3.8, 4) is 5.75 Å². The standard InChI is InChI=1S/C19H28N4OS/c1-6-24-16-10-8-7-9-14(16)11-21-18(20-5)22-12-15-13-25-17(23-15)19(2,3)4/h7-10,13H,6,11-12H2,1-5H3,(H2,20,21,22). The van der Waals surface area contributed by atoms with E-state index in [1.807, 2.05) is 25.1 Å². The lowest BCUT2D eigenvalue weighted by molar-refractivity contribution is 0.336. The molecule has 5 nitrogen and oxygen atoms in total. The van der Waals surface area contributed by atoms with Crippen LogP contribution in [0.15, 0.2) is 34.6 Å². The van der Waals surface area contributed by atoms with Crippen LogP contribution in [0, 0.1) is 0 Å². The molecule has 25 heavy (non-hydrogen) atoms. The van der Waals surface area contributed by atoms with Gasteiger partial charge in [0, 0.05) is 30.0 Å². The number of hydrogen-bond acceptors (Lipinski definition) is 4. The lowest BCUT2D eigenvalue weighted by atomic mass is 9.98. The second-order valence-corrected chi connectivity index (χ2v) is 7.57. The van der Waals surface area contributed by atoms with Crippen LogP contribution in [0.3, 0.4) is 0 Å². The van der Waals surface area contributed by atoms with Crippen molar-refractivity contribution >= 4 is 17.3 Å². The molecule has 0 saturated carbocycles. The summed E-state index contributed by atoms with van der Waals surface area (Å²) in [6.07, 6.45) is 0. The fourth-order valence-corrected chi connectivity index (χ4v) is 3.16. The first-order valence-electron chi connectivity index (χ1n) is 8.54. The number of aromatic nitrogens is 1. The van der Waals surface area contributed by atoms with Gasteiger partial charge in [-0.2, -0.15) is 0 Å². The summed E-state index contributed by atoms with van der Waals surface area (Å²) < 4.78 is 5.66. The van der Waals surface area contributed by atoms with E-state index in [0.29, 0.717) is 19.7 Å². The number of guanidine groups is 1. The maximum absolute atomic E-state index is 5.66. The van der Waals surface area contributed by atoms with Crippen LogP contribution in [-0.4, -0.2) is 24.6 Å². The van der Waals surface area contributed by atoms with Crippen molar-refractivity contribution < 1.29 is 4.74 Å². The fourth-order valence-electron chi connectivity index (χ4n) is 2.25. The quantitative estimate of drug-likeness (QED) is 0.609. The average Bonchev–Trinajstić information content (AvgIpc) is 3.06. The van der Waals surface area contributed by atoms with Gasteiger partial charge in [0.1, 0.15) is 5.75 Å². The average molecular weight is 361 g/mol. The number of ether oxygens (including phenoxy) is 1. The molecule has 0 aliphatic carbocycles. The largest absolute Gasteiger partial charge is 0.494 e. The van der Waals surface area contributed by atoms with Gasteiger partial charge in [-0.1, -0.05) is 39.0 Å². The monoisotopic (exact) mass is 360 g/mol. The third-order valence-electron chi connectivity index (χ3n) is 3.57. The van der Waals surface area contributed by atoms with E-state index in [1.165, 1.54) is 0 Å². The topological polar surface area (TPSA) is 58.5 Å². The summed E-state index contributed by atoms with van der Waals surface area (Å²) in [6.45, 7) is 10.5. The van der Waals surface area contributed by atoms with Gasteiger partial charge < -0.3 is 15.4 Å². The van der Waals surface area contributed by atoms with Crippen molar-refractivity contribution in [1.82, 2.24) is 15.6 Å². The molecular formula is C19H28N4OS. The summed E-state index contributed by atoms with van der Waals surface area (Å²) in [5.41, 5.74) is 2.23. The van der Waals surface area contributed by atoms with Gasteiger partial charge in [-0.15, -0.1) is 11.3 Å². The first-order chi connectivity index (χ1) is 11.9. The van der Waals surface area contributed by atoms with Crippen molar-refractivity contribution in [2.24, 2.45) is 4.99 Å². The fraction of sp³-hybridized carbons (Fsp3) is 0.474. The molecule has 0 atom stereocenters. The zero-order chi connectivity index (χ0) is 18.3. The van der Waals surface area contributed by atoms with Crippen LogP contribution >= 0.6 is 11.3 Å². The minimum Gasteiger partial charge on any atom is -0.494 e. The molecule has 6 heteroatoms. The molecule has 0 bridgehead atoms. The predicted molar refractivity (Wildman–Crippen MR) is 105 cm³/mol. The van der Waals surface area contributed by atoms with Gasteiger partial charge in [-0.25, -0.2) is 4.98 Å². The summed E-state index contributed by atoms with van der Waals surface area (Å²) >= 11 is 1.71. The lowest BCUT2D eigenvalue weighted by Gasteiger charge is -2.14. The van der Waals surface area contributed by atoms with Crippen molar-refractivity contribution in [1.29, 1.82) is 0 Å². The highest BCUT2D eigenvalue weighted by molar-refractivity contribution is 7.09. The minimum absolute atomic E-state index is 0.0891. The SMILES string of the molecule is CCOc1ccccc1CNC(=NC)NCc1csc(C(C)(C)C)n1. The second-order valence-electron chi connectivity index (χ2n) is 6.71. The minimum atomic E-state index is 0.0891. The molecule has 0 aliphatic heterocycles. The Bertz CT molecular complexity index is 703. The summed E-state index contributed by atoms with van der Waals surface area (Å²) in [7, 11) is 1.77. The molecule has 1 aromatic heterocycles. The predicted octanol–water partition coefficient (Wildman–Crippen LogP) is 3.70. The molecule has 0 saturated heterocycles. The molecule has 2 aromatic rings. The number of rotatable bonds is 6. The highest BCUT2D eigenvalue weighted by Gasteiger charge is 2.17. The summed E-state index contributed by atoms with van der Waals surface area (Å²) in [5, 5.41) is 9.89. The zero-order valence-corrected chi connectivity index (χ0v) is 16.5. The number of nitrogens with zero attached hydrogens (tertiary/aromatic N) is 2. The molecule has 0 aliphatic rings. The summed E-state index contributed by atoms with van der Waals surface area (Å²) in [5.74, 6) is 1.65. The summed E-state index contributed by atoms with van der Waals surface area (Å²) in [4.78, 5) is 8.98. The van der Waals surface area contributed by atoms with Crippen LogP contribution in [0.5, 0.6) is 5.75 Å². The van der Waals surface area contributed by atoms with Crippen molar-refractivity contribution in [2.75, 3.05) is 13.7 Å². The molecule has 2 rings (SSSR count). The highest BCUT2D eigenvalue weighted by atomic mass is 32.1. The highest BCUT2D eigenvalue weighted by Crippen LogP contribution is 2.25. The maximum Gasteiger partial charge on any atom is 0.191 e. The number of benzene rings is 1. The van der Waals surface area contributed by atoms with Gasteiger partial charge >= 0.3 is 0 Å². The van der Waals surface area contributed by atoms with E-state index >= 15 is 0 Å². The maximum atomic E-state index is 5.66. The molecular weight excluding hydrogens is 332 g/mol.